The number of nitrogens with zero attached hydrogens (tertiary/aromatic N) is 1. The summed E-state index contributed by atoms with van der Waals surface area (Å²) in [6.07, 6.45) is 1.59. The van der Waals surface area contributed by atoms with Crippen molar-refractivity contribution in [2.45, 2.75) is 20.8 Å². The zero-order valence-electron chi connectivity index (χ0n) is 12.5. The van der Waals surface area contributed by atoms with Crippen molar-refractivity contribution in [1.29, 1.82) is 0 Å². The molecule has 5 nitrogen and oxygen atoms in total. The molecule has 0 aliphatic heterocycles. The van der Waals surface area contributed by atoms with Gasteiger partial charge in [-0.2, -0.15) is 0 Å². The summed E-state index contributed by atoms with van der Waals surface area (Å²) in [7, 11) is 0. The number of rotatable bonds is 3. The number of nitrogen functional groups attached to an aromatic ring is 1. The Hall–Kier alpha value is -2.56. The Morgan fingerprint density at radius 2 is 1.81 bits per heavy atom. The van der Waals surface area contributed by atoms with Gasteiger partial charge in [-0.15, -0.1) is 0 Å². The van der Waals surface area contributed by atoms with Crippen LogP contribution in [0.15, 0.2) is 42.6 Å². The summed E-state index contributed by atoms with van der Waals surface area (Å²) in [5.74, 6) is 0.488. The highest BCUT2D eigenvalue weighted by atomic mass is 16.2. The highest BCUT2D eigenvalue weighted by Crippen LogP contribution is 2.24. The molecule has 0 fully saturated rings. The van der Waals surface area contributed by atoms with Crippen molar-refractivity contribution in [3.8, 4) is 0 Å². The molecule has 0 aliphatic carbocycles. The Balaban J connectivity index is 2.13. The molecular formula is C16H20N4O. The van der Waals surface area contributed by atoms with Crippen molar-refractivity contribution in [3.63, 3.8) is 0 Å². The zero-order chi connectivity index (χ0) is 15.5. The van der Waals surface area contributed by atoms with Gasteiger partial charge >= 0.3 is 0 Å². The lowest BCUT2D eigenvalue weighted by atomic mass is 9.95. The van der Waals surface area contributed by atoms with Crippen LogP contribution in [0.1, 0.15) is 20.8 Å². The van der Waals surface area contributed by atoms with Gasteiger partial charge in [0.2, 0.25) is 5.91 Å². The summed E-state index contributed by atoms with van der Waals surface area (Å²) >= 11 is 0. The van der Waals surface area contributed by atoms with Crippen LogP contribution in [-0.4, -0.2) is 10.9 Å². The van der Waals surface area contributed by atoms with Gasteiger partial charge in [0, 0.05) is 11.1 Å². The fraction of sp³-hybridized carbons (Fsp3) is 0.250. The minimum absolute atomic E-state index is 0.0764. The van der Waals surface area contributed by atoms with Crippen LogP contribution in [0.25, 0.3) is 0 Å². The molecule has 0 radical (unpaired) electrons. The number of hydrogen-bond acceptors (Lipinski definition) is 4. The van der Waals surface area contributed by atoms with E-state index in [0.717, 1.165) is 5.69 Å². The van der Waals surface area contributed by atoms with Crippen LogP contribution in [-0.2, 0) is 4.79 Å². The maximum absolute atomic E-state index is 11.9. The van der Waals surface area contributed by atoms with E-state index < -0.39 is 5.41 Å². The van der Waals surface area contributed by atoms with E-state index in [1.807, 2.05) is 51.1 Å². The van der Waals surface area contributed by atoms with Crippen LogP contribution in [0.3, 0.4) is 0 Å². The highest BCUT2D eigenvalue weighted by Gasteiger charge is 2.21. The average Bonchev–Trinajstić information content (AvgIpc) is 2.42. The highest BCUT2D eigenvalue weighted by molar-refractivity contribution is 5.95. The molecular weight excluding hydrogens is 264 g/mol. The van der Waals surface area contributed by atoms with E-state index >= 15 is 0 Å². The van der Waals surface area contributed by atoms with Crippen LogP contribution in [0.5, 0.6) is 0 Å². The number of anilines is 4. The predicted molar refractivity (Wildman–Crippen MR) is 86.5 cm³/mol. The number of aromatic nitrogens is 1. The van der Waals surface area contributed by atoms with Gasteiger partial charge in [0.25, 0.3) is 0 Å². The number of benzene rings is 1. The summed E-state index contributed by atoms with van der Waals surface area (Å²) in [4.78, 5) is 16.2. The fourth-order valence-corrected chi connectivity index (χ4v) is 1.63. The number of amides is 1. The van der Waals surface area contributed by atoms with E-state index in [0.29, 0.717) is 17.2 Å². The minimum Gasteiger partial charge on any atom is -0.396 e. The summed E-state index contributed by atoms with van der Waals surface area (Å²) in [6, 6.07) is 11.3. The van der Waals surface area contributed by atoms with Gasteiger partial charge in [0.1, 0.15) is 0 Å². The fourth-order valence-electron chi connectivity index (χ4n) is 1.63. The molecule has 1 aromatic heterocycles. The van der Waals surface area contributed by atoms with Crippen molar-refractivity contribution in [2.75, 3.05) is 16.4 Å². The average molecular weight is 284 g/mol. The molecule has 1 amide bonds. The molecule has 110 valence electrons. The van der Waals surface area contributed by atoms with Crippen LogP contribution in [0.2, 0.25) is 0 Å². The van der Waals surface area contributed by atoms with Gasteiger partial charge in [0.05, 0.1) is 17.6 Å². The molecule has 0 spiro atoms. The summed E-state index contributed by atoms with van der Waals surface area (Å²) in [5.41, 5.74) is 7.49. The van der Waals surface area contributed by atoms with E-state index in [4.69, 9.17) is 5.73 Å². The third-order valence-electron chi connectivity index (χ3n) is 2.89. The maximum atomic E-state index is 11.9. The number of pyridine rings is 1. The second-order valence-electron chi connectivity index (χ2n) is 5.86. The molecule has 0 unspecified atom stereocenters. The van der Waals surface area contributed by atoms with Crippen LogP contribution >= 0.6 is 0 Å². The molecule has 0 bridgehead atoms. The summed E-state index contributed by atoms with van der Waals surface area (Å²) in [6.45, 7) is 5.55. The number of nitrogens with two attached hydrogens (primary N) is 1. The number of para-hydroxylation sites is 1. The van der Waals surface area contributed by atoms with Crippen LogP contribution < -0.4 is 16.4 Å². The Labute approximate surface area is 124 Å². The second kappa shape index (κ2) is 5.83. The molecule has 0 saturated carbocycles. The number of carbonyl (C=O) groups is 1. The lowest BCUT2D eigenvalue weighted by Gasteiger charge is -2.18. The molecule has 5 heteroatoms. The van der Waals surface area contributed by atoms with E-state index in [1.54, 1.807) is 12.3 Å². The van der Waals surface area contributed by atoms with Gasteiger partial charge in [0.15, 0.2) is 5.82 Å². The van der Waals surface area contributed by atoms with Gasteiger partial charge in [-0.25, -0.2) is 4.98 Å². The van der Waals surface area contributed by atoms with E-state index in [1.165, 1.54) is 0 Å². The van der Waals surface area contributed by atoms with Crippen molar-refractivity contribution < 1.29 is 4.79 Å². The van der Waals surface area contributed by atoms with E-state index in [9.17, 15) is 4.79 Å². The van der Waals surface area contributed by atoms with Crippen molar-refractivity contribution in [1.82, 2.24) is 4.98 Å². The lowest BCUT2D eigenvalue weighted by Crippen LogP contribution is -2.27. The van der Waals surface area contributed by atoms with Crippen molar-refractivity contribution in [3.05, 3.63) is 42.6 Å². The van der Waals surface area contributed by atoms with Gasteiger partial charge in [-0.05, 0) is 18.2 Å². The Morgan fingerprint density at radius 1 is 1.14 bits per heavy atom. The standard InChI is InChI=1S/C16H20N4O/c1-16(2,3)15(21)20-12-9-13(17)14(18-10-12)19-11-7-5-4-6-8-11/h4-10H,17H2,1-3H3,(H,18,19)(H,20,21). The molecule has 2 rings (SSSR count). The minimum atomic E-state index is -0.463. The molecule has 4 N–H and O–H groups in total. The number of carbonyl (C=O) groups excluding carboxylic acids is 1. The lowest BCUT2D eigenvalue weighted by molar-refractivity contribution is -0.123. The molecule has 0 saturated heterocycles. The van der Waals surface area contributed by atoms with Crippen molar-refractivity contribution in [2.24, 2.45) is 5.41 Å². The first-order valence-electron chi connectivity index (χ1n) is 6.75. The molecule has 1 aromatic carbocycles. The quantitative estimate of drug-likeness (QED) is 0.807. The first-order chi connectivity index (χ1) is 9.86. The van der Waals surface area contributed by atoms with E-state index in [2.05, 4.69) is 15.6 Å². The Morgan fingerprint density at radius 3 is 2.38 bits per heavy atom. The molecule has 0 aliphatic rings. The third-order valence-corrected chi connectivity index (χ3v) is 2.89. The largest absolute Gasteiger partial charge is 0.396 e. The molecule has 21 heavy (non-hydrogen) atoms. The summed E-state index contributed by atoms with van der Waals surface area (Å²) in [5, 5.41) is 5.94. The molecule has 0 atom stereocenters. The van der Waals surface area contributed by atoms with Crippen molar-refractivity contribution >= 4 is 28.8 Å². The monoisotopic (exact) mass is 284 g/mol. The first kappa shape index (κ1) is 14.8. The molecule has 1 heterocycles. The topological polar surface area (TPSA) is 80.0 Å². The van der Waals surface area contributed by atoms with Crippen LogP contribution in [0, 0.1) is 5.41 Å². The Kier molecular flexibility index (Phi) is 4.12. The van der Waals surface area contributed by atoms with Gasteiger partial charge in [-0.3, -0.25) is 4.79 Å². The zero-order valence-corrected chi connectivity index (χ0v) is 12.5. The van der Waals surface area contributed by atoms with Gasteiger partial charge < -0.3 is 16.4 Å². The SMILES string of the molecule is CC(C)(C)C(=O)Nc1cnc(Nc2ccccc2)c(N)c1. The predicted octanol–water partition coefficient (Wildman–Crippen LogP) is 3.39. The molecule has 2 aromatic rings. The second-order valence-corrected chi connectivity index (χ2v) is 5.86. The summed E-state index contributed by atoms with van der Waals surface area (Å²) < 4.78 is 0. The smallest absolute Gasteiger partial charge is 0.229 e. The van der Waals surface area contributed by atoms with E-state index in [-0.39, 0.29) is 5.91 Å². The normalized spacial score (nSPS) is 11.0. The third kappa shape index (κ3) is 3.95. The number of nitrogens with one attached hydrogen (secondary N) is 2. The number of hydrogen-bond donors (Lipinski definition) is 3. The van der Waals surface area contributed by atoms with Gasteiger partial charge in [-0.1, -0.05) is 39.0 Å². The maximum Gasteiger partial charge on any atom is 0.229 e. The first-order valence-corrected chi connectivity index (χ1v) is 6.75. The Bertz CT molecular complexity index is 632. The van der Waals surface area contributed by atoms with Crippen LogP contribution in [0.4, 0.5) is 22.9 Å².